The lowest BCUT2D eigenvalue weighted by Crippen LogP contribution is -2.73. The van der Waals surface area contributed by atoms with Crippen LogP contribution in [-0.4, -0.2) is 45.6 Å². The van der Waals surface area contributed by atoms with E-state index in [1.54, 1.807) is 26.0 Å². The molecule has 0 aromatic heterocycles. The van der Waals surface area contributed by atoms with E-state index in [1.807, 2.05) is 58.0 Å². The normalized spacial score (nSPS) is 31.6. The predicted molar refractivity (Wildman–Crippen MR) is 159 cm³/mol. The van der Waals surface area contributed by atoms with Gasteiger partial charge in [-0.2, -0.15) is 0 Å². The third kappa shape index (κ3) is 3.82. The van der Waals surface area contributed by atoms with Gasteiger partial charge in [0.2, 0.25) is 0 Å². The van der Waals surface area contributed by atoms with Gasteiger partial charge in [-0.25, -0.2) is 0 Å². The second kappa shape index (κ2) is 9.87. The van der Waals surface area contributed by atoms with E-state index in [-0.39, 0.29) is 23.7 Å². The quantitative estimate of drug-likeness (QED) is 0.354. The van der Waals surface area contributed by atoms with Gasteiger partial charge in [0.05, 0.1) is 18.1 Å². The van der Waals surface area contributed by atoms with E-state index in [1.165, 1.54) is 13.0 Å². The van der Waals surface area contributed by atoms with E-state index < -0.39 is 51.4 Å². The Balaban J connectivity index is 1.83. The molecule has 0 aliphatic heterocycles. The molecule has 3 aliphatic carbocycles. The van der Waals surface area contributed by atoms with Gasteiger partial charge in [0.15, 0.2) is 23.0 Å². The number of carbonyl (C=O) groups excluding carboxylic acids is 4. The Hall–Kier alpha value is -3.84. The summed E-state index contributed by atoms with van der Waals surface area (Å²) >= 11 is 0. The van der Waals surface area contributed by atoms with Gasteiger partial charge in [0, 0.05) is 10.8 Å². The molecule has 2 unspecified atom stereocenters. The topological polar surface area (TPSA) is 118 Å². The van der Waals surface area contributed by atoms with Crippen molar-refractivity contribution in [3.05, 3.63) is 70.3 Å². The van der Waals surface area contributed by atoms with Crippen molar-refractivity contribution >= 4 is 34.8 Å². The Kier molecular flexibility index (Phi) is 6.97. The average Bonchev–Trinajstić information content (AvgIpc) is 2.89. The van der Waals surface area contributed by atoms with Gasteiger partial charge in [-0.1, -0.05) is 69.2 Å². The first kappa shape index (κ1) is 29.6. The monoisotopic (exact) mass is 570 g/mol. The van der Waals surface area contributed by atoms with E-state index in [0.29, 0.717) is 34.6 Å². The standard InChI is InChI=1S/C35H38O7/c1-8-42-22-14-12-21(13-15-22)16-24-23-10-9-11-25(37)27(23)30(38)29-32(40)35(41)31(39)26(20(5)36)19(4)28(18(2)3)34(35,7)17-33(24,29)6/h9-16,18,26,29,37,41H,8,17H2,1-7H3/t26?,29?,33-,34+,35-/m1/s1. The fourth-order valence-electron chi connectivity index (χ4n) is 8.37. The van der Waals surface area contributed by atoms with Gasteiger partial charge in [-0.05, 0) is 68.0 Å². The first-order chi connectivity index (χ1) is 19.6. The molecular formula is C35H38O7. The van der Waals surface area contributed by atoms with E-state index in [2.05, 4.69) is 0 Å². The van der Waals surface area contributed by atoms with E-state index in [9.17, 15) is 29.4 Å². The average molecular weight is 571 g/mol. The van der Waals surface area contributed by atoms with Crippen LogP contribution in [0.4, 0.5) is 0 Å². The van der Waals surface area contributed by atoms with Crippen LogP contribution in [0.5, 0.6) is 11.5 Å². The number of hydrogen-bond acceptors (Lipinski definition) is 7. The van der Waals surface area contributed by atoms with E-state index in [4.69, 9.17) is 4.74 Å². The fourth-order valence-corrected chi connectivity index (χ4v) is 8.37. The fraction of sp³-hybridized carbons (Fsp3) is 0.429. The Labute approximate surface area is 246 Å². The summed E-state index contributed by atoms with van der Waals surface area (Å²) in [5.74, 6) is -5.38. The first-order valence-electron chi connectivity index (χ1n) is 14.5. The van der Waals surface area contributed by atoms with Crippen LogP contribution in [-0.2, 0) is 14.4 Å². The van der Waals surface area contributed by atoms with Crippen LogP contribution in [0, 0.1) is 28.6 Å². The van der Waals surface area contributed by atoms with Crippen LogP contribution in [0.2, 0.25) is 0 Å². The summed E-state index contributed by atoms with van der Waals surface area (Å²) in [6, 6.07) is 12.2. The third-order valence-corrected chi connectivity index (χ3v) is 9.79. The van der Waals surface area contributed by atoms with Crippen molar-refractivity contribution in [2.75, 3.05) is 6.61 Å². The summed E-state index contributed by atoms with van der Waals surface area (Å²) in [4.78, 5) is 55.7. The highest BCUT2D eigenvalue weighted by molar-refractivity contribution is 6.29. The number of fused-ring (bicyclic) bond motifs is 3. The number of carbonyl (C=O) groups is 4. The smallest absolute Gasteiger partial charge is 0.192 e. The Morgan fingerprint density at radius 2 is 1.71 bits per heavy atom. The van der Waals surface area contributed by atoms with Crippen LogP contribution in [0.15, 0.2) is 53.6 Å². The number of hydrogen-bond donors (Lipinski definition) is 2. The number of allylic oxidation sites excluding steroid dienone is 2. The van der Waals surface area contributed by atoms with Gasteiger partial charge in [-0.3, -0.25) is 19.2 Å². The molecule has 2 N–H and O–H groups in total. The molecule has 0 saturated heterocycles. The number of ketones is 4. The molecule has 1 saturated carbocycles. The summed E-state index contributed by atoms with van der Waals surface area (Å²) in [5.41, 5.74) is -1.95. The van der Waals surface area contributed by atoms with Crippen LogP contribution in [0.25, 0.3) is 11.6 Å². The Morgan fingerprint density at radius 1 is 1.07 bits per heavy atom. The molecule has 2 aromatic carbocycles. The van der Waals surface area contributed by atoms with Gasteiger partial charge < -0.3 is 14.9 Å². The first-order valence-corrected chi connectivity index (χ1v) is 14.5. The second-order valence-electron chi connectivity index (χ2n) is 12.7. The lowest BCUT2D eigenvalue weighted by Gasteiger charge is -2.61. The molecule has 7 heteroatoms. The highest BCUT2D eigenvalue weighted by Crippen LogP contribution is 2.66. The Morgan fingerprint density at radius 3 is 2.29 bits per heavy atom. The van der Waals surface area contributed by atoms with Crippen LogP contribution in [0.1, 0.15) is 76.4 Å². The van der Waals surface area contributed by atoms with Crippen molar-refractivity contribution in [1.82, 2.24) is 0 Å². The molecule has 5 atom stereocenters. The number of rotatable bonds is 5. The van der Waals surface area contributed by atoms with Gasteiger partial charge in [0.25, 0.3) is 0 Å². The maximum atomic E-state index is 14.7. The summed E-state index contributed by atoms with van der Waals surface area (Å²) in [5, 5.41) is 23.2. The summed E-state index contributed by atoms with van der Waals surface area (Å²) in [6.45, 7) is 12.8. The molecule has 0 amide bonds. The van der Waals surface area contributed by atoms with E-state index in [0.717, 1.165) is 5.56 Å². The number of phenols is 1. The molecule has 0 radical (unpaired) electrons. The molecule has 5 rings (SSSR count). The number of phenolic OH excluding ortho intramolecular Hbond substituents is 1. The summed E-state index contributed by atoms with van der Waals surface area (Å²) < 4.78 is 5.59. The molecule has 220 valence electrons. The Bertz CT molecular complexity index is 1590. The van der Waals surface area contributed by atoms with Crippen molar-refractivity contribution in [3.63, 3.8) is 0 Å². The molecule has 7 nitrogen and oxygen atoms in total. The minimum absolute atomic E-state index is 0.0140. The number of benzene rings is 2. The van der Waals surface area contributed by atoms with Crippen LogP contribution in [0.3, 0.4) is 0 Å². The summed E-state index contributed by atoms with van der Waals surface area (Å²) in [7, 11) is 0. The van der Waals surface area contributed by atoms with Gasteiger partial charge in [0.1, 0.15) is 23.2 Å². The molecule has 1 fully saturated rings. The molecule has 0 bridgehead atoms. The van der Waals surface area contributed by atoms with Crippen molar-refractivity contribution in [2.45, 2.75) is 60.5 Å². The lowest BCUT2D eigenvalue weighted by atomic mass is 9.41. The van der Waals surface area contributed by atoms with Crippen molar-refractivity contribution in [3.8, 4) is 11.5 Å². The van der Waals surface area contributed by atoms with Crippen molar-refractivity contribution < 1.29 is 34.1 Å². The molecular weight excluding hydrogens is 532 g/mol. The minimum Gasteiger partial charge on any atom is -0.507 e. The van der Waals surface area contributed by atoms with Crippen LogP contribution < -0.4 is 4.74 Å². The number of ether oxygens (including phenoxy) is 1. The minimum atomic E-state index is -2.59. The van der Waals surface area contributed by atoms with Crippen molar-refractivity contribution in [2.24, 2.45) is 28.6 Å². The third-order valence-electron chi connectivity index (χ3n) is 9.79. The maximum Gasteiger partial charge on any atom is 0.192 e. The maximum absolute atomic E-state index is 14.7. The number of aliphatic hydroxyl groups is 1. The second-order valence-corrected chi connectivity index (χ2v) is 12.7. The zero-order valence-corrected chi connectivity index (χ0v) is 25.2. The van der Waals surface area contributed by atoms with Gasteiger partial charge >= 0.3 is 0 Å². The number of aromatic hydroxyl groups is 1. The molecule has 3 aliphatic rings. The van der Waals surface area contributed by atoms with Crippen LogP contribution >= 0.6 is 0 Å². The number of Topliss-reactive ketones (excluding diaryl/α,β-unsaturated/α-hetero) is 4. The molecule has 2 aromatic rings. The highest BCUT2D eigenvalue weighted by atomic mass is 16.5. The zero-order chi connectivity index (χ0) is 30.9. The largest absolute Gasteiger partial charge is 0.507 e. The molecule has 42 heavy (non-hydrogen) atoms. The SMILES string of the molecule is CCOc1ccc(C=C2c3cccc(O)c3C(=O)C3C(=O)[C@]4(O)C(=O)C(C(C)=O)C(C)=C(C(C)C)[C@]4(C)C[C@]23C)cc1. The molecule has 0 heterocycles. The zero-order valence-electron chi connectivity index (χ0n) is 25.2. The lowest BCUT2D eigenvalue weighted by molar-refractivity contribution is -0.180. The predicted octanol–water partition coefficient (Wildman–Crippen LogP) is 5.62. The van der Waals surface area contributed by atoms with Gasteiger partial charge in [-0.15, -0.1) is 0 Å². The summed E-state index contributed by atoms with van der Waals surface area (Å²) in [6.07, 6.45) is 2.00. The molecule has 0 spiro atoms. The highest BCUT2D eigenvalue weighted by Gasteiger charge is 2.74. The van der Waals surface area contributed by atoms with Crippen molar-refractivity contribution in [1.29, 1.82) is 0 Å². The van der Waals surface area contributed by atoms with E-state index >= 15 is 0 Å².